The van der Waals surface area contributed by atoms with Gasteiger partial charge in [0, 0.05) is 25.5 Å². The van der Waals surface area contributed by atoms with E-state index in [-0.39, 0.29) is 11.5 Å². The third kappa shape index (κ3) is 2.84. The molecule has 0 atom stereocenters. The highest BCUT2D eigenvalue weighted by Crippen LogP contribution is 2.15. The molecule has 0 amide bonds. The van der Waals surface area contributed by atoms with Crippen molar-refractivity contribution in [2.75, 3.05) is 13.6 Å². The van der Waals surface area contributed by atoms with Crippen LogP contribution in [0.25, 0.3) is 0 Å². The summed E-state index contributed by atoms with van der Waals surface area (Å²) in [6.07, 6.45) is 3.20. The molecule has 1 aromatic heterocycles. The van der Waals surface area contributed by atoms with E-state index in [4.69, 9.17) is 5.11 Å². The number of aromatic nitrogens is 1. The van der Waals surface area contributed by atoms with Crippen LogP contribution >= 0.6 is 0 Å². The molecule has 92 valence electrons. The van der Waals surface area contributed by atoms with Crippen LogP contribution in [0.2, 0.25) is 0 Å². The molecule has 0 aliphatic carbocycles. The van der Waals surface area contributed by atoms with Gasteiger partial charge in [-0.25, -0.2) is 12.7 Å². The van der Waals surface area contributed by atoms with E-state index in [2.05, 4.69) is 4.98 Å². The van der Waals surface area contributed by atoms with Gasteiger partial charge in [-0.3, -0.25) is 0 Å². The molecular weight excluding hydrogens is 228 g/mol. The summed E-state index contributed by atoms with van der Waals surface area (Å²) in [5.41, 5.74) is 0.502. The van der Waals surface area contributed by atoms with Gasteiger partial charge in [0.05, 0.1) is 11.5 Å². The number of aliphatic hydroxyl groups is 1. The summed E-state index contributed by atoms with van der Waals surface area (Å²) < 4.78 is 25.3. The Hall–Kier alpha value is -0.850. The van der Waals surface area contributed by atoms with Crippen LogP contribution in [0.4, 0.5) is 0 Å². The van der Waals surface area contributed by atoms with Crippen LogP contribution in [-0.2, 0) is 16.6 Å². The molecule has 0 unspecified atom stereocenters. The molecule has 0 spiro atoms. The average molecular weight is 246 g/mol. The Balaban J connectivity index is 2.84. The largest absolute Gasteiger partial charge is 0.390 e. The molecule has 16 heavy (non-hydrogen) atoms. The van der Waals surface area contributed by atoms with Gasteiger partial charge in [0.2, 0.25) is 10.0 Å². The molecule has 0 radical (unpaired) electrons. The summed E-state index contributed by atoms with van der Waals surface area (Å²) in [6.45, 7) is 2.34. The first-order chi connectivity index (χ1) is 7.52. The fourth-order valence-electron chi connectivity index (χ4n) is 1.34. The van der Waals surface area contributed by atoms with E-state index in [0.29, 0.717) is 12.2 Å². The maximum Gasteiger partial charge on any atom is 0.244 e. The monoisotopic (exact) mass is 246 g/mol. The zero-order chi connectivity index (χ0) is 12.2. The average Bonchev–Trinajstić information content (AvgIpc) is 2.74. The van der Waals surface area contributed by atoms with Crippen molar-refractivity contribution in [3.05, 3.63) is 18.0 Å². The van der Waals surface area contributed by atoms with Crippen LogP contribution < -0.4 is 0 Å². The molecule has 5 nitrogen and oxygen atoms in total. The topological polar surface area (TPSA) is 73.4 Å². The molecule has 1 heterocycles. The van der Waals surface area contributed by atoms with E-state index in [1.807, 2.05) is 6.92 Å². The second-order valence-electron chi connectivity index (χ2n) is 3.70. The lowest BCUT2D eigenvalue weighted by Crippen LogP contribution is -2.27. The van der Waals surface area contributed by atoms with Crippen LogP contribution in [0, 0.1) is 0 Å². The number of nitrogens with zero attached hydrogens (tertiary/aromatic N) is 1. The maximum absolute atomic E-state index is 12.0. The highest BCUT2D eigenvalue weighted by molar-refractivity contribution is 7.89. The lowest BCUT2D eigenvalue weighted by molar-refractivity contribution is 0.277. The van der Waals surface area contributed by atoms with E-state index < -0.39 is 10.0 Å². The second kappa shape index (κ2) is 5.47. The van der Waals surface area contributed by atoms with Gasteiger partial charge < -0.3 is 10.1 Å². The lowest BCUT2D eigenvalue weighted by Gasteiger charge is -2.15. The van der Waals surface area contributed by atoms with E-state index in [0.717, 1.165) is 12.8 Å². The molecule has 0 aromatic carbocycles. The highest BCUT2D eigenvalue weighted by Gasteiger charge is 2.21. The van der Waals surface area contributed by atoms with Gasteiger partial charge in [0.25, 0.3) is 0 Å². The third-order valence-corrected chi connectivity index (χ3v) is 4.26. The summed E-state index contributed by atoms with van der Waals surface area (Å²) >= 11 is 0. The van der Waals surface area contributed by atoms with Gasteiger partial charge in [-0.1, -0.05) is 13.3 Å². The minimum atomic E-state index is -3.41. The zero-order valence-corrected chi connectivity index (χ0v) is 10.4. The first-order valence-electron chi connectivity index (χ1n) is 5.27. The van der Waals surface area contributed by atoms with E-state index in [1.165, 1.54) is 16.6 Å². The van der Waals surface area contributed by atoms with Gasteiger partial charge >= 0.3 is 0 Å². The van der Waals surface area contributed by atoms with Gasteiger partial charge in [-0.2, -0.15) is 0 Å². The molecule has 0 fully saturated rings. The highest BCUT2D eigenvalue weighted by atomic mass is 32.2. The van der Waals surface area contributed by atoms with E-state index in [1.54, 1.807) is 7.05 Å². The Kier molecular flexibility index (Phi) is 4.52. The number of rotatable bonds is 6. The van der Waals surface area contributed by atoms with Gasteiger partial charge in [0.1, 0.15) is 0 Å². The van der Waals surface area contributed by atoms with Gasteiger partial charge in [0.15, 0.2) is 0 Å². The van der Waals surface area contributed by atoms with E-state index in [9.17, 15) is 8.42 Å². The molecule has 0 saturated heterocycles. The van der Waals surface area contributed by atoms with Gasteiger partial charge in [-0.05, 0) is 12.5 Å². The van der Waals surface area contributed by atoms with Crippen LogP contribution in [-0.4, -0.2) is 36.4 Å². The number of hydrogen-bond donors (Lipinski definition) is 2. The minimum absolute atomic E-state index is 0.186. The number of aliphatic hydroxyl groups excluding tert-OH is 1. The van der Waals surface area contributed by atoms with Crippen molar-refractivity contribution in [3.63, 3.8) is 0 Å². The SMILES string of the molecule is CCCCN(C)S(=O)(=O)c1c[nH]c(CO)c1. The van der Waals surface area contributed by atoms with Gasteiger partial charge in [-0.15, -0.1) is 0 Å². The number of hydrogen-bond acceptors (Lipinski definition) is 3. The Morgan fingerprint density at radius 3 is 2.69 bits per heavy atom. The Bertz CT molecular complexity index is 425. The first-order valence-corrected chi connectivity index (χ1v) is 6.71. The summed E-state index contributed by atoms with van der Waals surface area (Å²) in [4.78, 5) is 2.92. The van der Waals surface area contributed by atoms with E-state index >= 15 is 0 Å². The lowest BCUT2D eigenvalue weighted by atomic mass is 10.3. The first kappa shape index (κ1) is 13.2. The van der Waals surface area contributed by atoms with Crippen LogP contribution in [0.5, 0.6) is 0 Å². The summed E-state index contributed by atoms with van der Waals surface area (Å²) in [7, 11) is -1.84. The summed E-state index contributed by atoms with van der Waals surface area (Å²) in [5, 5.41) is 8.86. The minimum Gasteiger partial charge on any atom is -0.390 e. The standard InChI is InChI=1S/C10H18N2O3S/c1-3-4-5-12(2)16(14,15)10-6-9(8-13)11-7-10/h6-7,11,13H,3-5,8H2,1-2H3. The second-order valence-corrected chi connectivity index (χ2v) is 5.74. The van der Waals surface area contributed by atoms with Crippen molar-refractivity contribution < 1.29 is 13.5 Å². The summed E-state index contributed by atoms with van der Waals surface area (Å²) in [5.74, 6) is 0. The molecule has 1 rings (SSSR count). The molecule has 2 N–H and O–H groups in total. The predicted molar refractivity (Wildman–Crippen MR) is 61.4 cm³/mol. The molecule has 0 bridgehead atoms. The van der Waals surface area contributed by atoms with Crippen molar-refractivity contribution in [1.29, 1.82) is 0 Å². The molecule has 0 saturated carbocycles. The Labute approximate surface area is 96.1 Å². The smallest absolute Gasteiger partial charge is 0.244 e. The van der Waals surface area contributed by atoms with Crippen molar-refractivity contribution >= 4 is 10.0 Å². The zero-order valence-electron chi connectivity index (χ0n) is 9.60. The van der Waals surface area contributed by atoms with Crippen molar-refractivity contribution in [2.45, 2.75) is 31.3 Å². The quantitative estimate of drug-likeness (QED) is 0.784. The fourth-order valence-corrected chi connectivity index (χ4v) is 2.57. The molecule has 1 aromatic rings. The number of aromatic amines is 1. The van der Waals surface area contributed by atoms with Crippen LogP contribution in [0.15, 0.2) is 17.2 Å². The number of sulfonamides is 1. The Morgan fingerprint density at radius 1 is 1.50 bits per heavy atom. The molecule has 6 heteroatoms. The number of H-pyrrole nitrogens is 1. The predicted octanol–water partition coefficient (Wildman–Crippen LogP) is 0.928. The number of unbranched alkanes of at least 4 members (excludes halogenated alkanes) is 1. The van der Waals surface area contributed by atoms with Crippen molar-refractivity contribution in [2.24, 2.45) is 0 Å². The molecular formula is C10H18N2O3S. The van der Waals surface area contributed by atoms with Crippen LogP contribution in [0.3, 0.4) is 0 Å². The maximum atomic E-state index is 12.0. The molecule has 0 aliphatic heterocycles. The number of nitrogens with one attached hydrogen (secondary N) is 1. The fraction of sp³-hybridized carbons (Fsp3) is 0.600. The summed E-state index contributed by atoms with van der Waals surface area (Å²) in [6, 6.07) is 1.46. The van der Waals surface area contributed by atoms with Crippen LogP contribution in [0.1, 0.15) is 25.5 Å². The normalized spacial score (nSPS) is 12.2. The third-order valence-electron chi connectivity index (χ3n) is 2.42. The van der Waals surface area contributed by atoms with Crippen molar-refractivity contribution in [3.8, 4) is 0 Å². The molecule has 0 aliphatic rings. The Morgan fingerprint density at radius 2 is 2.19 bits per heavy atom. The van der Waals surface area contributed by atoms with Crippen molar-refractivity contribution in [1.82, 2.24) is 9.29 Å².